The summed E-state index contributed by atoms with van der Waals surface area (Å²) >= 11 is 0. The summed E-state index contributed by atoms with van der Waals surface area (Å²) in [6, 6.07) is 8.97. The number of Topliss-reactive ketones (excluding diaryl/α,β-unsaturated/α-hetero) is 1. The molecule has 0 fully saturated rings. The van der Waals surface area contributed by atoms with E-state index < -0.39 is 11.6 Å². The molecular formula is C18H17FO4. The summed E-state index contributed by atoms with van der Waals surface area (Å²) in [7, 11) is 4.43. The Balaban J connectivity index is 2.47. The van der Waals surface area contributed by atoms with Crippen molar-refractivity contribution in [2.24, 2.45) is 0 Å². The van der Waals surface area contributed by atoms with Gasteiger partial charge in [0.05, 0.1) is 26.9 Å². The highest BCUT2D eigenvalue weighted by atomic mass is 19.1. The van der Waals surface area contributed by atoms with Gasteiger partial charge in [0, 0.05) is 5.57 Å². The first kappa shape index (κ1) is 16.5. The van der Waals surface area contributed by atoms with Crippen LogP contribution >= 0.6 is 0 Å². The second kappa shape index (κ2) is 6.96. The average Bonchev–Trinajstić information content (AvgIpc) is 2.59. The number of halogens is 1. The Kier molecular flexibility index (Phi) is 5.01. The number of carbonyl (C=O) groups is 1. The molecule has 2 rings (SSSR count). The number of allylic oxidation sites excluding steroid dienone is 1. The van der Waals surface area contributed by atoms with Crippen molar-refractivity contribution in [3.05, 3.63) is 59.9 Å². The lowest BCUT2D eigenvalue weighted by molar-refractivity contribution is 0.105. The van der Waals surface area contributed by atoms with Crippen LogP contribution in [0.1, 0.15) is 15.9 Å². The van der Waals surface area contributed by atoms with Crippen LogP contribution in [0.25, 0.3) is 5.57 Å². The maximum Gasteiger partial charge on any atom is 0.203 e. The normalized spacial score (nSPS) is 10.1. The monoisotopic (exact) mass is 316 g/mol. The lowest BCUT2D eigenvalue weighted by Crippen LogP contribution is -2.05. The minimum Gasteiger partial charge on any atom is -0.493 e. The third kappa shape index (κ3) is 3.18. The second-order valence-electron chi connectivity index (χ2n) is 4.70. The van der Waals surface area contributed by atoms with Gasteiger partial charge in [0.2, 0.25) is 5.75 Å². The topological polar surface area (TPSA) is 44.8 Å². The molecule has 0 heterocycles. The number of ether oxygens (including phenoxy) is 3. The van der Waals surface area contributed by atoms with Crippen LogP contribution in [0.2, 0.25) is 0 Å². The van der Waals surface area contributed by atoms with E-state index in [0.29, 0.717) is 22.8 Å². The highest BCUT2D eigenvalue weighted by Gasteiger charge is 2.20. The molecule has 4 nitrogen and oxygen atoms in total. The Morgan fingerprint density at radius 3 is 2.04 bits per heavy atom. The fourth-order valence-corrected chi connectivity index (χ4v) is 2.19. The van der Waals surface area contributed by atoms with Crippen molar-refractivity contribution in [2.45, 2.75) is 0 Å². The fourth-order valence-electron chi connectivity index (χ4n) is 2.19. The predicted octanol–water partition coefficient (Wildman–Crippen LogP) is 3.75. The van der Waals surface area contributed by atoms with Gasteiger partial charge in [0.25, 0.3) is 0 Å². The van der Waals surface area contributed by atoms with Crippen LogP contribution in [-0.2, 0) is 0 Å². The number of hydrogen-bond acceptors (Lipinski definition) is 4. The minimum absolute atomic E-state index is 0.0359. The lowest BCUT2D eigenvalue weighted by atomic mass is 9.97. The third-order valence-electron chi connectivity index (χ3n) is 3.41. The van der Waals surface area contributed by atoms with E-state index in [4.69, 9.17) is 14.2 Å². The minimum atomic E-state index is -0.592. The molecule has 0 amide bonds. The molecule has 0 aliphatic heterocycles. The van der Waals surface area contributed by atoms with Crippen molar-refractivity contribution in [1.29, 1.82) is 0 Å². The Morgan fingerprint density at radius 2 is 1.57 bits per heavy atom. The third-order valence-corrected chi connectivity index (χ3v) is 3.41. The standard InChI is InChI=1S/C18H17FO4/c1-11(17(20)13-7-5-6-8-14(13)19)12-9-15(21-2)18(23-4)16(10-12)22-3/h5-10H,1H2,2-4H3. The molecule has 0 bridgehead atoms. The average molecular weight is 316 g/mol. The Labute approximate surface area is 134 Å². The Morgan fingerprint density at radius 1 is 1.00 bits per heavy atom. The zero-order chi connectivity index (χ0) is 17.0. The van der Waals surface area contributed by atoms with Crippen LogP contribution in [0.15, 0.2) is 43.0 Å². The van der Waals surface area contributed by atoms with Crippen molar-refractivity contribution >= 4 is 11.4 Å². The molecule has 5 heteroatoms. The molecule has 0 aromatic heterocycles. The van der Waals surface area contributed by atoms with Gasteiger partial charge in [-0.2, -0.15) is 0 Å². The molecule has 0 saturated heterocycles. The van der Waals surface area contributed by atoms with Gasteiger partial charge in [0.15, 0.2) is 17.3 Å². The first-order valence-corrected chi connectivity index (χ1v) is 6.82. The Hall–Kier alpha value is -2.82. The van der Waals surface area contributed by atoms with E-state index in [1.807, 2.05) is 0 Å². The number of benzene rings is 2. The number of methoxy groups -OCH3 is 3. The second-order valence-corrected chi connectivity index (χ2v) is 4.70. The van der Waals surface area contributed by atoms with Gasteiger partial charge in [-0.1, -0.05) is 18.7 Å². The summed E-state index contributed by atoms with van der Waals surface area (Å²) < 4.78 is 29.5. The van der Waals surface area contributed by atoms with Crippen molar-refractivity contribution in [3.8, 4) is 17.2 Å². The van der Waals surface area contributed by atoms with Crippen LogP contribution < -0.4 is 14.2 Å². The van der Waals surface area contributed by atoms with E-state index in [-0.39, 0.29) is 11.1 Å². The van der Waals surface area contributed by atoms with E-state index in [2.05, 4.69) is 6.58 Å². The zero-order valence-corrected chi connectivity index (χ0v) is 13.2. The van der Waals surface area contributed by atoms with E-state index in [0.717, 1.165) is 0 Å². The molecule has 2 aromatic carbocycles. The molecule has 23 heavy (non-hydrogen) atoms. The van der Waals surface area contributed by atoms with E-state index in [1.54, 1.807) is 18.2 Å². The molecule has 0 radical (unpaired) electrons. The van der Waals surface area contributed by atoms with Crippen molar-refractivity contribution in [3.63, 3.8) is 0 Å². The van der Waals surface area contributed by atoms with Gasteiger partial charge in [-0.05, 0) is 29.8 Å². The fraction of sp³-hybridized carbons (Fsp3) is 0.167. The van der Waals surface area contributed by atoms with Crippen LogP contribution in [0.5, 0.6) is 17.2 Å². The van der Waals surface area contributed by atoms with Crippen molar-refractivity contribution < 1.29 is 23.4 Å². The summed E-state index contributed by atoms with van der Waals surface area (Å²) in [6.45, 7) is 3.78. The molecule has 0 unspecified atom stereocenters. The number of carbonyl (C=O) groups excluding carboxylic acids is 1. The first-order chi connectivity index (χ1) is 11.0. The van der Waals surface area contributed by atoms with E-state index in [9.17, 15) is 9.18 Å². The largest absolute Gasteiger partial charge is 0.493 e. The van der Waals surface area contributed by atoms with Crippen LogP contribution in [0.3, 0.4) is 0 Å². The zero-order valence-electron chi connectivity index (χ0n) is 13.2. The molecule has 0 saturated carbocycles. The van der Waals surface area contributed by atoms with Gasteiger partial charge in [-0.15, -0.1) is 0 Å². The lowest BCUT2D eigenvalue weighted by Gasteiger charge is -2.15. The molecular weight excluding hydrogens is 299 g/mol. The predicted molar refractivity (Wildman–Crippen MR) is 85.9 cm³/mol. The quantitative estimate of drug-likeness (QED) is 0.601. The van der Waals surface area contributed by atoms with Crippen LogP contribution in [0, 0.1) is 5.82 Å². The van der Waals surface area contributed by atoms with Gasteiger partial charge in [0.1, 0.15) is 5.82 Å². The molecule has 0 N–H and O–H groups in total. The van der Waals surface area contributed by atoms with E-state index in [1.165, 1.54) is 39.5 Å². The summed E-state index contributed by atoms with van der Waals surface area (Å²) in [5.41, 5.74) is 0.563. The molecule has 120 valence electrons. The maximum absolute atomic E-state index is 13.8. The molecule has 0 atom stereocenters. The summed E-state index contributed by atoms with van der Waals surface area (Å²) in [5.74, 6) is 0.0991. The van der Waals surface area contributed by atoms with Gasteiger partial charge >= 0.3 is 0 Å². The molecule has 0 aliphatic carbocycles. The highest BCUT2D eigenvalue weighted by Crippen LogP contribution is 2.40. The number of hydrogen-bond donors (Lipinski definition) is 0. The maximum atomic E-state index is 13.8. The number of ketones is 1. The summed E-state index contributed by atoms with van der Waals surface area (Å²) in [6.07, 6.45) is 0. The number of rotatable bonds is 6. The molecule has 0 spiro atoms. The van der Waals surface area contributed by atoms with Crippen molar-refractivity contribution in [2.75, 3.05) is 21.3 Å². The molecule has 0 aliphatic rings. The molecule has 2 aromatic rings. The van der Waals surface area contributed by atoms with Crippen LogP contribution in [0.4, 0.5) is 4.39 Å². The first-order valence-electron chi connectivity index (χ1n) is 6.82. The smallest absolute Gasteiger partial charge is 0.203 e. The van der Waals surface area contributed by atoms with Crippen LogP contribution in [-0.4, -0.2) is 27.1 Å². The van der Waals surface area contributed by atoms with Gasteiger partial charge < -0.3 is 14.2 Å². The van der Waals surface area contributed by atoms with E-state index >= 15 is 0 Å². The van der Waals surface area contributed by atoms with Gasteiger partial charge in [-0.25, -0.2) is 4.39 Å². The summed E-state index contributed by atoms with van der Waals surface area (Å²) in [4.78, 5) is 12.5. The summed E-state index contributed by atoms with van der Waals surface area (Å²) in [5, 5.41) is 0. The van der Waals surface area contributed by atoms with Gasteiger partial charge in [-0.3, -0.25) is 4.79 Å². The Bertz CT molecular complexity index is 727. The highest BCUT2D eigenvalue weighted by molar-refractivity contribution is 6.28. The SMILES string of the molecule is C=C(C(=O)c1ccccc1F)c1cc(OC)c(OC)c(OC)c1. The van der Waals surface area contributed by atoms with Crippen molar-refractivity contribution in [1.82, 2.24) is 0 Å².